The number of halogens is 2. The third-order valence-electron chi connectivity index (χ3n) is 3.93. The molecular weight excluding hydrogens is 319 g/mol. The zero-order valence-electron chi connectivity index (χ0n) is 13.6. The van der Waals surface area contributed by atoms with Crippen LogP contribution in [-0.2, 0) is 4.79 Å². The van der Waals surface area contributed by atoms with Gasteiger partial charge in [-0.2, -0.15) is 0 Å². The standard InChI is InChI=1S/C17H25FN2O2.ClH/c1-2-12-20(15-7-10-19-11-8-15)17(21)9-13-22-16-5-3-14(18)4-6-16;/h3-6,15,19H,2,7-13H2,1H3;1H. The van der Waals surface area contributed by atoms with Crippen LogP contribution in [0.1, 0.15) is 32.6 Å². The Hall–Kier alpha value is -1.33. The van der Waals surface area contributed by atoms with E-state index in [1.807, 2.05) is 4.90 Å². The van der Waals surface area contributed by atoms with Gasteiger partial charge in [0.2, 0.25) is 5.91 Å². The van der Waals surface area contributed by atoms with Crippen LogP contribution in [0.2, 0.25) is 0 Å². The van der Waals surface area contributed by atoms with Crippen LogP contribution in [0.15, 0.2) is 24.3 Å². The molecule has 0 spiro atoms. The Bertz CT molecular complexity index is 464. The quantitative estimate of drug-likeness (QED) is 0.826. The molecule has 1 fully saturated rings. The molecule has 0 radical (unpaired) electrons. The first-order valence-corrected chi connectivity index (χ1v) is 8.09. The predicted molar refractivity (Wildman–Crippen MR) is 91.7 cm³/mol. The maximum absolute atomic E-state index is 12.8. The summed E-state index contributed by atoms with van der Waals surface area (Å²) in [5.41, 5.74) is 0. The number of benzene rings is 1. The Morgan fingerprint density at radius 3 is 2.57 bits per heavy atom. The van der Waals surface area contributed by atoms with Gasteiger partial charge in [-0.25, -0.2) is 4.39 Å². The lowest BCUT2D eigenvalue weighted by molar-refractivity contribution is -0.134. The van der Waals surface area contributed by atoms with Gasteiger partial charge in [-0.05, 0) is 56.6 Å². The molecule has 130 valence electrons. The molecule has 0 unspecified atom stereocenters. The summed E-state index contributed by atoms with van der Waals surface area (Å²) in [5, 5.41) is 3.33. The zero-order valence-corrected chi connectivity index (χ0v) is 14.4. The minimum absolute atomic E-state index is 0. The van der Waals surface area contributed by atoms with Crippen molar-refractivity contribution in [3.05, 3.63) is 30.1 Å². The van der Waals surface area contributed by atoms with E-state index in [1.54, 1.807) is 12.1 Å². The molecule has 1 heterocycles. The van der Waals surface area contributed by atoms with Crippen molar-refractivity contribution in [2.24, 2.45) is 0 Å². The van der Waals surface area contributed by atoms with Crippen molar-refractivity contribution < 1.29 is 13.9 Å². The van der Waals surface area contributed by atoms with Crippen molar-refractivity contribution in [2.45, 2.75) is 38.6 Å². The third kappa shape index (κ3) is 6.36. The molecule has 1 N–H and O–H groups in total. The summed E-state index contributed by atoms with van der Waals surface area (Å²) in [7, 11) is 0. The van der Waals surface area contributed by atoms with Crippen LogP contribution in [0, 0.1) is 5.82 Å². The SMILES string of the molecule is CCCN(C(=O)CCOc1ccc(F)cc1)C1CCNCC1.Cl. The van der Waals surface area contributed by atoms with Crippen LogP contribution in [-0.4, -0.2) is 43.1 Å². The van der Waals surface area contributed by atoms with E-state index < -0.39 is 0 Å². The van der Waals surface area contributed by atoms with Gasteiger partial charge in [0, 0.05) is 12.6 Å². The molecule has 1 aliphatic heterocycles. The number of nitrogens with zero attached hydrogens (tertiary/aromatic N) is 1. The van der Waals surface area contributed by atoms with E-state index in [-0.39, 0.29) is 24.1 Å². The molecule has 0 saturated carbocycles. The number of ether oxygens (including phenoxy) is 1. The summed E-state index contributed by atoms with van der Waals surface area (Å²) < 4.78 is 18.3. The van der Waals surface area contributed by atoms with Gasteiger partial charge in [0.1, 0.15) is 11.6 Å². The van der Waals surface area contributed by atoms with Crippen molar-refractivity contribution >= 4 is 18.3 Å². The van der Waals surface area contributed by atoms with Gasteiger partial charge < -0.3 is 15.0 Å². The van der Waals surface area contributed by atoms with Crippen LogP contribution >= 0.6 is 12.4 Å². The molecular formula is C17H26ClFN2O2. The largest absolute Gasteiger partial charge is 0.493 e. The average Bonchev–Trinajstić information content (AvgIpc) is 2.55. The topological polar surface area (TPSA) is 41.6 Å². The Morgan fingerprint density at radius 1 is 1.30 bits per heavy atom. The molecule has 1 saturated heterocycles. The highest BCUT2D eigenvalue weighted by atomic mass is 35.5. The number of hydrogen-bond donors (Lipinski definition) is 1. The molecule has 1 amide bonds. The monoisotopic (exact) mass is 344 g/mol. The highest BCUT2D eigenvalue weighted by Gasteiger charge is 2.24. The first kappa shape index (κ1) is 19.7. The number of nitrogens with one attached hydrogen (secondary N) is 1. The molecule has 2 rings (SSSR count). The molecule has 1 aromatic rings. The fraction of sp³-hybridized carbons (Fsp3) is 0.588. The molecule has 0 bridgehead atoms. The van der Waals surface area contributed by atoms with Crippen LogP contribution in [0.25, 0.3) is 0 Å². The first-order valence-electron chi connectivity index (χ1n) is 8.09. The lowest BCUT2D eigenvalue weighted by Gasteiger charge is -2.34. The molecule has 0 aromatic heterocycles. The smallest absolute Gasteiger partial charge is 0.226 e. The third-order valence-corrected chi connectivity index (χ3v) is 3.93. The summed E-state index contributed by atoms with van der Waals surface area (Å²) in [6.07, 6.45) is 3.37. The van der Waals surface area contributed by atoms with Gasteiger partial charge in [0.05, 0.1) is 13.0 Å². The number of carbonyl (C=O) groups excluding carboxylic acids is 1. The van der Waals surface area contributed by atoms with Crippen molar-refractivity contribution in [2.75, 3.05) is 26.2 Å². The molecule has 1 aromatic carbocycles. The minimum Gasteiger partial charge on any atom is -0.493 e. The van der Waals surface area contributed by atoms with Crippen LogP contribution < -0.4 is 10.1 Å². The van der Waals surface area contributed by atoms with Gasteiger partial charge in [0.25, 0.3) is 0 Å². The number of amides is 1. The highest BCUT2D eigenvalue weighted by molar-refractivity contribution is 5.85. The van der Waals surface area contributed by atoms with E-state index >= 15 is 0 Å². The summed E-state index contributed by atoms with van der Waals surface area (Å²) in [4.78, 5) is 14.5. The van der Waals surface area contributed by atoms with Crippen LogP contribution in [0.4, 0.5) is 4.39 Å². The number of rotatable bonds is 7. The van der Waals surface area contributed by atoms with E-state index in [2.05, 4.69) is 12.2 Å². The second-order valence-corrected chi connectivity index (χ2v) is 5.62. The molecule has 0 aliphatic carbocycles. The van der Waals surface area contributed by atoms with Gasteiger partial charge in [-0.1, -0.05) is 6.92 Å². The number of piperidine rings is 1. The highest BCUT2D eigenvalue weighted by Crippen LogP contribution is 2.15. The van der Waals surface area contributed by atoms with Crippen molar-refractivity contribution in [3.63, 3.8) is 0 Å². The van der Waals surface area contributed by atoms with E-state index in [9.17, 15) is 9.18 Å². The minimum atomic E-state index is -0.288. The Labute approximate surface area is 143 Å². The van der Waals surface area contributed by atoms with Crippen molar-refractivity contribution in [3.8, 4) is 5.75 Å². The summed E-state index contributed by atoms with van der Waals surface area (Å²) in [6.45, 7) is 5.18. The van der Waals surface area contributed by atoms with Crippen molar-refractivity contribution in [1.82, 2.24) is 10.2 Å². The Balaban J connectivity index is 0.00000264. The predicted octanol–water partition coefficient (Wildman–Crippen LogP) is 3.01. The first-order chi connectivity index (χ1) is 10.7. The number of carbonyl (C=O) groups is 1. The molecule has 6 heteroatoms. The fourth-order valence-electron chi connectivity index (χ4n) is 2.80. The van der Waals surface area contributed by atoms with Gasteiger partial charge >= 0.3 is 0 Å². The van der Waals surface area contributed by atoms with E-state index in [4.69, 9.17) is 4.74 Å². The summed E-state index contributed by atoms with van der Waals surface area (Å²) in [6, 6.07) is 6.22. The average molecular weight is 345 g/mol. The molecule has 1 aliphatic rings. The van der Waals surface area contributed by atoms with E-state index in [0.29, 0.717) is 24.8 Å². The molecule has 4 nitrogen and oxygen atoms in total. The lowest BCUT2D eigenvalue weighted by Crippen LogP contribution is -2.46. The Morgan fingerprint density at radius 2 is 1.96 bits per heavy atom. The normalized spacial score (nSPS) is 14.9. The van der Waals surface area contributed by atoms with Crippen molar-refractivity contribution in [1.29, 1.82) is 0 Å². The van der Waals surface area contributed by atoms with E-state index in [1.165, 1.54) is 12.1 Å². The number of hydrogen-bond acceptors (Lipinski definition) is 3. The summed E-state index contributed by atoms with van der Waals surface area (Å²) >= 11 is 0. The maximum Gasteiger partial charge on any atom is 0.226 e. The van der Waals surface area contributed by atoms with Gasteiger partial charge in [0.15, 0.2) is 0 Å². The van der Waals surface area contributed by atoms with Crippen LogP contribution in [0.3, 0.4) is 0 Å². The van der Waals surface area contributed by atoms with E-state index in [0.717, 1.165) is 38.9 Å². The molecule has 23 heavy (non-hydrogen) atoms. The lowest BCUT2D eigenvalue weighted by atomic mass is 10.0. The van der Waals surface area contributed by atoms with Crippen LogP contribution in [0.5, 0.6) is 5.75 Å². The maximum atomic E-state index is 12.8. The van der Waals surface area contributed by atoms with Gasteiger partial charge in [-0.15, -0.1) is 12.4 Å². The fourth-order valence-corrected chi connectivity index (χ4v) is 2.80. The summed E-state index contributed by atoms with van der Waals surface area (Å²) in [5.74, 6) is 0.456. The molecule has 0 atom stereocenters. The zero-order chi connectivity index (χ0) is 15.8. The second-order valence-electron chi connectivity index (χ2n) is 5.62. The second kappa shape index (κ2) is 10.4. The Kier molecular flexibility index (Phi) is 8.95. The van der Waals surface area contributed by atoms with Gasteiger partial charge in [-0.3, -0.25) is 4.79 Å².